The van der Waals surface area contributed by atoms with Crippen molar-refractivity contribution in [1.82, 2.24) is 4.72 Å². The van der Waals surface area contributed by atoms with Crippen molar-refractivity contribution >= 4 is 44.6 Å². The number of rotatable bonds is 4. The van der Waals surface area contributed by atoms with Gasteiger partial charge in [-0.25, -0.2) is 13.1 Å². The molecule has 2 aromatic carbocycles. The second-order valence-electron chi connectivity index (χ2n) is 4.63. The number of nitrogens with one attached hydrogen (secondary N) is 3. The SMILES string of the molecule is CC(=O)NS(=O)(=O)c1ccc(NC(=S)Nc2ccccc2)cc1. The molecule has 0 saturated carbocycles. The molecule has 2 rings (SSSR count). The molecule has 0 heterocycles. The van der Waals surface area contributed by atoms with Crippen molar-refractivity contribution < 1.29 is 13.2 Å². The number of para-hydroxylation sites is 1. The van der Waals surface area contributed by atoms with Crippen molar-refractivity contribution in [3.63, 3.8) is 0 Å². The first-order valence-corrected chi connectivity index (χ1v) is 8.52. The first kappa shape index (κ1) is 16.9. The fourth-order valence-electron chi connectivity index (χ4n) is 1.78. The number of sulfonamides is 1. The number of carbonyl (C=O) groups excluding carboxylic acids is 1. The van der Waals surface area contributed by atoms with E-state index < -0.39 is 15.9 Å². The standard InChI is InChI=1S/C15H15N3O3S2/c1-11(19)18-23(20,21)14-9-7-13(8-10-14)17-15(22)16-12-5-3-2-4-6-12/h2-10H,1H3,(H,18,19)(H2,16,17,22). The van der Waals surface area contributed by atoms with Crippen LogP contribution in [0.3, 0.4) is 0 Å². The summed E-state index contributed by atoms with van der Waals surface area (Å²) in [6.45, 7) is 1.14. The van der Waals surface area contributed by atoms with E-state index in [0.29, 0.717) is 10.8 Å². The van der Waals surface area contributed by atoms with Gasteiger partial charge in [-0.2, -0.15) is 0 Å². The maximum atomic E-state index is 11.8. The lowest BCUT2D eigenvalue weighted by atomic mass is 10.3. The zero-order chi connectivity index (χ0) is 16.9. The number of amides is 1. The van der Waals surface area contributed by atoms with Gasteiger partial charge in [0.1, 0.15) is 0 Å². The molecule has 0 bridgehead atoms. The highest BCUT2D eigenvalue weighted by molar-refractivity contribution is 7.90. The molecule has 0 aliphatic rings. The Labute approximate surface area is 140 Å². The number of carbonyl (C=O) groups is 1. The van der Waals surface area contributed by atoms with E-state index in [0.717, 1.165) is 12.6 Å². The molecule has 23 heavy (non-hydrogen) atoms. The van der Waals surface area contributed by atoms with E-state index in [1.165, 1.54) is 12.1 Å². The van der Waals surface area contributed by atoms with Crippen LogP contribution in [0.15, 0.2) is 59.5 Å². The monoisotopic (exact) mass is 349 g/mol. The molecule has 0 unspecified atom stereocenters. The summed E-state index contributed by atoms with van der Waals surface area (Å²) in [4.78, 5) is 10.9. The normalized spacial score (nSPS) is 10.7. The number of thiocarbonyl (C=S) groups is 1. The third-order valence-electron chi connectivity index (χ3n) is 2.73. The second-order valence-corrected chi connectivity index (χ2v) is 6.72. The molecule has 3 N–H and O–H groups in total. The summed E-state index contributed by atoms with van der Waals surface area (Å²) in [6.07, 6.45) is 0. The molecule has 0 aliphatic carbocycles. The van der Waals surface area contributed by atoms with E-state index in [1.54, 1.807) is 12.1 Å². The van der Waals surface area contributed by atoms with Crippen LogP contribution in [0.2, 0.25) is 0 Å². The lowest BCUT2D eigenvalue weighted by Crippen LogP contribution is -2.28. The summed E-state index contributed by atoms with van der Waals surface area (Å²) in [5, 5.41) is 6.34. The quantitative estimate of drug-likeness (QED) is 0.735. The van der Waals surface area contributed by atoms with Crippen molar-refractivity contribution in [2.24, 2.45) is 0 Å². The van der Waals surface area contributed by atoms with Gasteiger partial charge in [0, 0.05) is 18.3 Å². The number of anilines is 2. The number of hydrogen-bond acceptors (Lipinski definition) is 4. The van der Waals surface area contributed by atoms with Gasteiger partial charge in [0.05, 0.1) is 4.90 Å². The highest BCUT2D eigenvalue weighted by Gasteiger charge is 2.14. The first-order valence-electron chi connectivity index (χ1n) is 6.63. The Morgan fingerprint density at radius 2 is 1.43 bits per heavy atom. The van der Waals surface area contributed by atoms with Crippen LogP contribution in [-0.2, 0) is 14.8 Å². The maximum absolute atomic E-state index is 11.8. The van der Waals surface area contributed by atoms with Crippen molar-refractivity contribution in [1.29, 1.82) is 0 Å². The minimum Gasteiger partial charge on any atom is -0.332 e. The topological polar surface area (TPSA) is 87.3 Å². The van der Waals surface area contributed by atoms with Crippen LogP contribution >= 0.6 is 12.2 Å². The van der Waals surface area contributed by atoms with E-state index in [-0.39, 0.29) is 4.90 Å². The minimum absolute atomic E-state index is 0.000173. The van der Waals surface area contributed by atoms with Crippen molar-refractivity contribution in [3.8, 4) is 0 Å². The van der Waals surface area contributed by atoms with Gasteiger partial charge >= 0.3 is 0 Å². The summed E-state index contributed by atoms with van der Waals surface area (Å²) in [5.41, 5.74) is 1.47. The van der Waals surface area contributed by atoms with Crippen molar-refractivity contribution in [3.05, 3.63) is 54.6 Å². The third kappa shape index (κ3) is 5.04. The molecule has 0 atom stereocenters. The maximum Gasteiger partial charge on any atom is 0.264 e. The Morgan fingerprint density at radius 1 is 0.913 bits per heavy atom. The first-order chi connectivity index (χ1) is 10.9. The smallest absolute Gasteiger partial charge is 0.264 e. The van der Waals surface area contributed by atoms with Crippen LogP contribution in [0.4, 0.5) is 11.4 Å². The number of hydrogen-bond donors (Lipinski definition) is 3. The average Bonchev–Trinajstić information content (AvgIpc) is 2.47. The molecule has 0 spiro atoms. The Kier molecular flexibility index (Phi) is 5.30. The van der Waals surface area contributed by atoms with Crippen molar-refractivity contribution in [2.45, 2.75) is 11.8 Å². The lowest BCUT2D eigenvalue weighted by Gasteiger charge is -2.11. The van der Waals surface area contributed by atoms with Gasteiger partial charge in [-0.05, 0) is 48.6 Å². The number of benzene rings is 2. The molecule has 6 nitrogen and oxygen atoms in total. The van der Waals surface area contributed by atoms with Gasteiger partial charge < -0.3 is 10.6 Å². The molecular weight excluding hydrogens is 334 g/mol. The fraction of sp³-hybridized carbons (Fsp3) is 0.0667. The minimum atomic E-state index is -3.83. The molecule has 0 aliphatic heterocycles. The predicted molar refractivity (Wildman–Crippen MR) is 93.7 cm³/mol. The summed E-state index contributed by atoms with van der Waals surface area (Å²) in [7, 11) is -3.83. The lowest BCUT2D eigenvalue weighted by molar-refractivity contribution is -0.117. The fourth-order valence-corrected chi connectivity index (χ4v) is 3.01. The summed E-state index contributed by atoms with van der Waals surface area (Å²) in [5.74, 6) is -0.638. The summed E-state index contributed by atoms with van der Waals surface area (Å²) >= 11 is 5.18. The van der Waals surface area contributed by atoms with E-state index in [4.69, 9.17) is 12.2 Å². The van der Waals surface area contributed by atoms with E-state index in [2.05, 4.69) is 10.6 Å². The molecule has 0 fully saturated rings. The molecule has 0 aromatic heterocycles. The highest BCUT2D eigenvalue weighted by atomic mass is 32.2. The van der Waals surface area contributed by atoms with Gasteiger partial charge in [-0.1, -0.05) is 18.2 Å². The van der Waals surface area contributed by atoms with Crippen LogP contribution in [-0.4, -0.2) is 19.4 Å². The average molecular weight is 349 g/mol. The molecule has 120 valence electrons. The van der Waals surface area contributed by atoms with E-state index in [9.17, 15) is 13.2 Å². The van der Waals surface area contributed by atoms with Gasteiger partial charge in [0.25, 0.3) is 10.0 Å². The van der Waals surface area contributed by atoms with E-state index in [1.807, 2.05) is 35.1 Å². The van der Waals surface area contributed by atoms with Crippen LogP contribution in [0.25, 0.3) is 0 Å². The molecule has 1 amide bonds. The van der Waals surface area contributed by atoms with Crippen molar-refractivity contribution in [2.75, 3.05) is 10.6 Å². The molecular formula is C15H15N3O3S2. The second kappa shape index (κ2) is 7.21. The Hall–Kier alpha value is -2.45. The molecule has 0 radical (unpaired) electrons. The predicted octanol–water partition coefficient (Wildman–Crippen LogP) is 2.32. The summed E-state index contributed by atoms with van der Waals surface area (Å²) < 4.78 is 25.6. The summed E-state index contributed by atoms with van der Waals surface area (Å²) in [6, 6.07) is 15.3. The van der Waals surface area contributed by atoms with Gasteiger partial charge in [-0.3, -0.25) is 4.79 Å². The van der Waals surface area contributed by atoms with Crippen LogP contribution in [0, 0.1) is 0 Å². The van der Waals surface area contributed by atoms with Gasteiger partial charge in [0.15, 0.2) is 5.11 Å². The Bertz CT molecular complexity index is 804. The Balaban J connectivity index is 2.03. The molecule has 8 heteroatoms. The third-order valence-corrected chi connectivity index (χ3v) is 4.39. The molecule has 2 aromatic rings. The Morgan fingerprint density at radius 3 is 1.96 bits per heavy atom. The zero-order valence-corrected chi connectivity index (χ0v) is 13.9. The molecule has 0 saturated heterocycles. The zero-order valence-electron chi connectivity index (χ0n) is 12.2. The van der Waals surface area contributed by atoms with Gasteiger partial charge in [0.2, 0.25) is 5.91 Å². The van der Waals surface area contributed by atoms with E-state index >= 15 is 0 Å². The highest BCUT2D eigenvalue weighted by Crippen LogP contribution is 2.14. The van der Waals surface area contributed by atoms with Crippen LogP contribution < -0.4 is 15.4 Å². The van der Waals surface area contributed by atoms with Crippen LogP contribution in [0.1, 0.15) is 6.92 Å². The largest absolute Gasteiger partial charge is 0.332 e. The van der Waals surface area contributed by atoms with Gasteiger partial charge in [-0.15, -0.1) is 0 Å². The van der Waals surface area contributed by atoms with Crippen LogP contribution in [0.5, 0.6) is 0 Å².